The molecule has 6 heteroatoms. The quantitative estimate of drug-likeness (QED) is 0.860. The van der Waals surface area contributed by atoms with Crippen molar-refractivity contribution in [1.29, 1.82) is 0 Å². The number of aromatic nitrogens is 2. The number of anilines is 3. The van der Waals surface area contributed by atoms with Gasteiger partial charge in [0.2, 0.25) is 0 Å². The summed E-state index contributed by atoms with van der Waals surface area (Å²) in [5.74, 6) is 1.79. The second-order valence-corrected chi connectivity index (χ2v) is 5.48. The van der Waals surface area contributed by atoms with E-state index in [1.54, 1.807) is 18.2 Å². The van der Waals surface area contributed by atoms with Gasteiger partial charge in [-0.1, -0.05) is 37.0 Å². The number of nitrogens with one attached hydrogen (secondary N) is 2. The maximum absolute atomic E-state index is 6.17. The highest BCUT2D eigenvalue weighted by molar-refractivity contribution is 6.35. The molecule has 1 aromatic heterocycles. The maximum Gasteiger partial charge on any atom is 0.139 e. The lowest BCUT2D eigenvalue weighted by atomic mass is 10.0. The summed E-state index contributed by atoms with van der Waals surface area (Å²) in [4.78, 5) is 8.55. The van der Waals surface area contributed by atoms with Crippen molar-refractivity contribution in [2.75, 3.05) is 17.7 Å². The molecule has 0 fully saturated rings. The summed E-state index contributed by atoms with van der Waals surface area (Å²) in [5.41, 5.74) is 1.73. The van der Waals surface area contributed by atoms with Crippen molar-refractivity contribution in [2.45, 2.75) is 19.8 Å². The summed E-state index contributed by atoms with van der Waals surface area (Å²) in [7, 11) is 1.84. The van der Waals surface area contributed by atoms with Gasteiger partial charge in [-0.3, -0.25) is 0 Å². The van der Waals surface area contributed by atoms with E-state index < -0.39 is 0 Å². The minimum Gasteiger partial charge on any atom is -0.373 e. The molecule has 0 saturated carbocycles. The summed E-state index contributed by atoms with van der Waals surface area (Å²) < 4.78 is 0. The fraction of sp³-hybridized carbons (Fsp3) is 0.286. The first kappa shape index (κ1) is 14.9. The van der Waals surface area contributed by atoms with Crippen molar-refractivity contribution in [3.05, 3.63) is 40.1 Å². The molecule has 4 nitrogen and oxygen atoms in total. The van der Waals surface area contributed by atoms with Gasteiger partial charge in [-0.25, -0.2) is 9.97 Å². The van der Waals surface area contributed by atoms with Crippen LogP contribution >= 0.6 is 23.2 Å². The van der Waals surface area contributed by atoms with Crippen molar-refractivity contribution in [3.63, 3.8) is 0 Å². The number of hydrogen-bond donors (Lipinski definition) is 2. The van der Waals surface area contributed by atoms with Crippen LogP contribution in [0.25, 0.3) is 0 Å². The summed E-state index contributed by atoms with van der Waals surface area (Å²) in [6.45, 7) is 4.18. The molecule has 0 saturated heterocycles. The van der Waals surface area contributed by atoms with Crippen LogP contribution in [0.2, 0.25) is 10.0 Å². The smallest absolute Gasteiger partial charge is 0.139 e. The van der Waals surface area contributed by atoms with Crippen LogP contribution in [-0.2, 0) is 0 Å². The summed E-state index contributed by atoms with van der Waals surface area (Å²) >= 11 is 12.2. The molecule has 2 aromatic rings. The lowest BCUT2D eigenvalue weighted by Gasteiger charge is -2.17. The Morgan fingerprint density at radius 3 is 2.45 bits per heavy atom. The largest absolute Gasteiger partial charge is 0.373 e. The minimum atomic E-state index is 0.263. The van der Waals surface area contributed by atoms with Gasteiger partial charge in [-0.2, -0.15) is 0 Å². The third-order valence-corrected chi connectivity index (χ3v) is 3.44. The molecule has 1 heterocycles. The van der Waals surface area contributed by atoms with Crippen molar-refractivity contribution in [3.8, 4) is 0 Å². The van der Waals surface area contributed by atoms with Crippen LogP contribution in [0.1, 0.15) is 25.3 Å². The zero-order valence-electron chi connectivity index (χ0n) is 11.5. The van der Waals surface area contributed by atoms with E-state index in [9.17, 15) is 0 Å². The summed E-state index contributed by atoms with van der Waals surface area (Å²) in [6, 6.07) is 5.27. The van der Waals surface area contributed by atoms with Gasteiger partial charge < -0.3 is 10.6 Å². The van der Waals surface area contributed by atoms with E-state index in [2.05, 4.69) is 34.4 Å². The van der Waals surface area contributed by atoms with Crippen molar-refractivity contribution in [2.24, 2.45) is 0 Å². The lowest BCUT2D eigenvalue weighted by Crippen LogP contribution is -2.07. The highest BCUT2D eigenvalue weighted by Gasteiger charge is 2.15. The normalized spacial score (nSPS) is 10.7. The third kappa shape index (κ3) is 3.14. The van der Waals surface area contributed by atoms with Crippen LogP contribution < -0.4 is 10.6 Å². The molecule has 0 aliphatic heterocycles. The maximum atomic E-state index is 6.17. The first-order chi connectivity index (χ1) is 9.52. The van der Waals surface area contributed by atoms with Crippen LogP contribution in [0.5, 0.6) is 0 Å². The van der Waals surface area contributed by atoms with Gasteiger partial charge in [0.25, 0.3) is 0 Å². The molecule has 20 heavy (non-hydrogen) atoms. The first-order valence-corrected chi connectivity index (χ1v) is 7.03. The van der Waals surface area contributed by atoms with E-state index in [0.29, 0.717) is 10.0 Å². The molecule has 0 bridgehead atoms. The highest BCUT2D eigenvalue weighted by Crippen LogP contribution is 2.33. The third-order valence-electron chi connectivity index (χ3n) is 2.88. The summed E-state index contributed by atoms with van der Waals surface area (Å²) in [6.07, 6.45) is 1.51. The predicted molar refractivity (Wildman–Crippen MR) is 85.4 cm³/mol. The Morgan fingerprint density at radius 2 is 1.80 bits per heavy atom. The number of halogens is 2. The van der Waals surface area contributed by atoms with E-state index in [4.69, 9.17) is 23.2 Å². The van der Waals surface area contributed by atoms with E-state index >= 15 is 0 Å². The average Bonchev–Trinajstić information content (AvgIpc) is 2.42. The van der Waals surface area contributed by atoms with Crippen LogP contribution in [0.3, 0.4) is 0 Å². The van der Waals surface area contributed by atoms with Crippen LogP contribution in [0.4, 0.5) is 17.3 Å². The second kappa shape index (κ2) is 6.29. The van der Waals surface area contributed by atoms with Gasteiger partial charge in [0.15, 0.2) is 0 Å². The molecule has 106 valence electrons. The Morgan fingerprint density at radius 1 is 1.10 bits per heavy atom. The minimum absolute atomic E-state index is 0.263. The molecule has 1 aromatic carbocycles. The van der Waals surface area contributed by atoms with E-state index in [0.717, 1.165) is 22.9 Å². The Labute approximate surface area is 128 Å². The predicted octanol–water partition coefficient (Wildman–Crippen LogP) is 4.69. The topological polar surface area (TPSA) is 49.8 Å². The highest BCUT2D eigenvalue weighted by atomic mass is 35.5. The Kier molecular flexibility index (Phi) is 4.68. The Bertz CT molecular complexity index is 614. The van der Waals surface area contributed by atoms with Gasteiger partial charge in [0.05, 0.1) is 10.7 Å². The zero-order chi connectivity index (χ0) is 14.7. The van der Waals surface area contributed by atoms with Gasteiger partial charge in [0, 0.05) is 17.6 Å². The molecule has 0 atom stereocenters. The average molecular weight is 311 g/mol. The molecule has 0 unspecified atom stereocenters. The lowest BCUT2D eigenvalue weighted by molar-refractivity contribution is 0.852. The van der Waals surface area contributed by atoms with E-state index in [1.165, 1.54) is 6.33 Å². The molecular formula is C14H16Cl2N4. The molecule has 2 N–H and O–H groups in total. The van der Waals surface area contributed by atoms with Crippen molar-refractivity contribution >= 4 is 40.5 Å². The monoisotopic (exact) mass is 310 g/mol. The molecule has 0 amide bonds. The van der Waals surface area contributed by atoms with E-state index in [1.807, 2.05) is 7.05 Å². The second-order valence-electron chi connectivity index (χ2n) is 4.64. The van der Waals surface area contributed by atoms with Gasteiger partial charge in [0.1, 0.15) is 18.0 Å². The molecule has 0 spiro atoms. The number of rotatable bonds is 4. The number of nitrogens with zero attached hydrogens (tertiary/aromatic N) is 2. The zero-order valence-corrected chi connectivity index (χ0v) is 13.0. The SMILES string of the molecule is CNc1ncnc(Nc2cc(Cl)ccc2Cl)c1C(C)C. The van der Waals surface area contributed by atoms with Crippen LogP contribution in [0, 0.1) is 0 Å². The standard InChI is InChI=1S/C14H16Cl2N4/c1-8(2)12-13(17-3)18-7-19-14(12)20-11-6-9(15)4-5-10(11)16/h4-8H,1-3H3,(H2,17,18,19,20). The fourth-order valence-electron chi connectivity index (χ4n) is 1.96. The molecule has 2 rings (SSSR count). The summed E-state index contributed by atoms with van der Waals surface area (Å²) in [5, 5.41) is 7.52. The van der Waals surface area contributed by atoms with Gasteiger partial charge in [-0.05, 0) is 24.1 Å². The Hall–Kier alpha value is -1.52. The molecule has 0 aliphatic carbocycles. The van der Waals surface area contributed by atoms with E-state index in [-0.39, 0.29) is 5.92 Å². The van der Waals surface area contributed by atoms with Gasteiger partial charge in [-0.15, -0.1) is 0 Å². The van der Waals surface area contributed by atoms with Gasteiger partial charge >= 0.3 is 0 Å². The Balaban J connectivity index is 2.45. The fourth-order valence-corrected chi connectivity index (χ4v) is 2.30. The van der Waals surface area contributed by atoms with Crippen LogP contribution in [-0.4, -0.2) is 17.0 Å². The number of benzene rings is 1. The van der Waals surface area contributed by atoms with Crippen molar-refractivity contribution < 1.29 is 0 Å². The number of hydrogen-bond acceptors (Lipinski definition) is 4. The molecule has 0 radical (unpaired) electrons. The van der Waals surface area contributed by atoms with Crippen LogP contribution in [0.15, 0.2) is 24.5 Å². The van der Waals surface area contributed by atoms with Crippen molar-refractivity contribution in [1.82, 2.24) is 9.97 Å². The molecule has 0 aliphatic rings. The molecular weight excluding hydrogens is 295 g/mol. The first-order valence-electron chi connectivity index (χ1n) is 6.27.